The lowest BCUT2D eigenvalue weighted by atomic mass is 9.89. The van der Waals surface area contributed by atoms with Crippen LogP contribution in [0.3, 0.4) is 0 Å². The van der Waals surface area contributed by atoms with Crippen LogP contribution in [0.4, 0.5) is 0 Å². The van der Waals surface area contributed by atoms with E-state index >= 15 is 0 Å². The van der Waals surface area contributed by atoms with Gasteiger partial charge in [0, 0.05) is 41.5 Å². The minimum absolute atomic E-state index is 1.01. The molecule has 4 nitrogen and oxygen atoms in total. The summed E-state index contributed by atoms with van der Waals surface area (Å²) < 4.78 is 38.4. The first-order valence-corrected chi connectivity index (χ1v) is 37.5. The van der Waals surface area contributed by atoms with Crippen LogP contribution in [-0.2, 0) is 16.5 Å². The highest BCUT2D eigenvalue weighted by Gasteiger charge is 2.75. The summed E-state index contributed by atoms with van der Waals surface area (Å²) in [5, 5.41) is 8.16. The monoisotopic (exact) mass is 1190 g/mol. The molecule has 12 aromatic carbocycles. The summed E-state index contributed by atoms with van der Waals surface area (Å²) >= 11 is 0. The fourth-order valence-electron chi connectivity index (χ4n) is 14.8. The summed E-state index contributed by atoms with van der Waals surface area (Å²) in [6.45, 7) is 0. The van der Waals surface area contributed by atoms with E-state index in [0.717, 1.165) is 131 Å². The molecule has 1 fully saturated rings. The lowest BCUT2D eigenvalue weighted by Crippen LogP contribution is -2.80. The molecule has 5 aliphatic rings. The summed E-state index contributed by atoms with van der Waals surface area (Å²) in [5.74, 6) is 0. The Labute approximate surface area is 517 Å². The van der Waals surface area contributed by atoms with Gasteiger partial charge < -0.3 is 16.5 Å². The Balaban J connectivity index is 1.13. The highest BCUT2D eigenvalue weighted by atomic mass is 28.5. The third-order valence-corrected chi connectivity index (χ3v) is 36.7. The number of hydrogen-bond acceptors (Lipinski definition) is 4. The fraction of sp³-hybridized carbons (Fsp3) is 0. The van der Waals surface area contributed by atoms with E-state index in [0.29, 0.717) is 0 Å². The van der Waals surface area contributed by atoms with E-state index in [9.17, 15) is 16.5 Å². The van der Waals surface area contributed by atoms with Gasteiger partial charge in [0.05, 0.1) is 0 Å². The second kappa shape index (κ2) is 21.0. The van der Waals surface area contributed by atoms with Crippen molar-refractivity contribution in [2.75, 3.05) is 0 Å². The Morgan fingerprint density at radius 3 is 0.500 bits per heavy atom. The molecule has 88 heavy (non-hydrogen) atoms. The number of rotatable bonds is 8. The second-order valence-electron chi connectivity index (χ2n) is 23.0. The standard InChI is InChI=1S/C80H56O4Si4/c1-9-33-57(34-10-1)73-74(58-35-11-2-12-36-58)78(62-43-19-6-20-44-62)87(77(73)61-41-17-5-18-42-61)81-85(69-53-29-25-49-65(69)66-50-26-30-54-70(66)85)83-88(84-86(82-87)71-55-31-27-51-67(71)68-52-28-32-56-72(68)86)79(63-45-21-7-22-46-63)75(59-37-13-3-14-38-59)76(60-39-15-4-16-40-60)80(88)64-47-23-8-24-48-64/h1-56H. The molecule has 0 N–H and O–H groups in total. The van der Waals surface area contributed by atoms with Crippen molar-refractivity contribution in [1.29, 1.82) is 0 Å². The average molecular weight is 1190 g/mol. The summed E-state index contributed by atoms with van der Waals surface area (Å²) in [4.78, 5) is 0. The van der Waals surface area contributed by atoms with Crippen LogP contribution in [-0.4, -0.2) is 34.2 Å². The van der Waals surface area contributed by atoms with E-state index in [2.05, 4.69) is 340 Å². The zero-order valence-corrected chi connectivity index (χ0v) is 52.0. The van der Waals surface area contributed by atoms with Crippen LogP contribution in [0.25, 0.3) is 65.3 Å². The first-order chi connectivity index (χ1) is 43.6. The Kier molecular flexibility index (Phi) is 12.6. The molecular weight excluding hydrogens is 1140 g/mol. The van der Waals surface area contributed by atoms with Gasteiger partial charge in [-0.3, -0.25) is 0 Å². The van der Waals surface area contributed by atoms with E-state index in [1.807, 2.05) is 0 Å². The molecule has 0 atom stereocenters. The fourth-order valence-corrected chi connectivity index (χ4v) is 39.4. The van der Waals surface area contributed by atoms with Gasteiger partial charge in [-0.05, 0) is 89.1 Å². The quantitative estimate of drug-likeness (QED) is 0.142. The minimum atomic E-state index is -4.59. The van der Waals surface area contributed by atoms with Gasteiger partial charge >= 0.3 is 34.2 Å². The molecule has 0 saturated carbocycles. The molecule has 8 heteroatoms. The Morgan fingerprint density at radius 2 is 0.307 bits per heavy atom. The van der Waals surface area contributed by atoms with E-state index in [-0.39, 0.29) is 0 Å². The predicted molar refractivity (Wildman–Crippen MR) is 368 cm³/mol. The molecule has 416 valence electrons. The predicted octanol–water partition coefficient (Wildman–Crippen LogP) is 16.1. The van der Waals surface area contributed by atoms with Gasteiger partial charge in [0.15, 0.2) is 0 Å². The van der Waals surface area contributed by atoms with Crippen molar-refractivity contribution in [2.45, 2.75) is 0 Å². The SMILES string of the molecule is c1ccc(C2=C(c3ccccc3)[Si]3(O[Si]4(O[Si]5(O[Si]6(O3)c3ccccc3-c3ccccc36)C(c3ccccc3)=C(c3ccccc3)C(c3ccccc3)=C5c3ccccc3)c3ccccc3-c3ccccc34)C(c3ccccc3)=C2c2ccccc2)cc1. The first kappa shape index (κ1) is 52.6. The van der Waals surface area contributed by atoms with Gasteiger partial charge in [0.25, 0.3) is 0 Å². The van der Waals surface area contributed by atoms with Crippen LogP contribution in [0.1, 0.15) is 44.5 Å². The van der Waals surface area contributed by atoms with Crippen LogP contribution in [0.2, 0.25) is 0 Å². The molecule has 4 spiro atoms. The average Bonchev–Trinajstić information content (AvgIpc) is 2.32. The highest BCUT2D eigenvalue weighted by Crippen LogP contribution is 2.63. The largest absolute Gasteiger partial charge is 0.402 e. The smallest absolute Gasteiger partial charge is 0.392 e. The summed E-state index contributed by atoms with van der Waals surface area (Å²) in [6.07, 6.45) is 0. The minimum Gasteiger partial charge on any atom is -0.402 e. The van der Waals surface area contributed by atoms with Gasteiger partial charge in [0.1, 0.15) is 0 Å². The van der Waals surface area contributed by atoms with E-state index in [4.69, 9.17) is 0 Å². The van der Waals surface area contributed by atoms with Crippen LogP contribution in [0, 0.1) is 0 Å². The van der Waals surface area contributed by atoms with Crippen molar-refractivity contribution >= 4 is 98.1 Å². The Hall–Kier alpha value is -9.69. The lowest BCUT2D eigenvalue weighted by Gasteiger charge is -2.53. The van der Waals surface area contributed by atoms with E-state index in [1.54, 1.807) is 0 Å². The summed E-state index contributed by atoms with van der Waals surface area (Å²) in [6, 6.07) is 123. The molecule has 0 radical (unpaired) electrons. The van der Waals surface area contributed by atoms with Crippen LogP contribution < -0.4 is 20.7 Å². The zero-order chi connectivity index (χ0) is 58.3. The number of allylic oxidation sites excluding steroid dienone is 4. The van der Waals surface area contributed by atoms with Gasteiger partial charge in [0.2, 0.25) is 0 Å². The zero-order valence-electron chi connectivity index (χ0n) is 48.0. The molecule has 1 saturated heterocycles. The van der Waals surface area contributed by atoms with Crippen molar-refractivity contribution in [2.24, 2.45) is 0 Å². The molecular formula is C80H56O4Si4. The molecule has 0 unspecified atom stereocenters. The normalized spacial score (nSPS) is 17.1. The number of hydrogen-bond donors (Lipinski definition) is 0. The maximum Gasteiger partial charge on any atom is 0.392 e. The molecule has 12 aromatic rings. The molecule has 0 bridgehead atoms. The second-order valence-corrected chi connectivity index (χ2v) is 35.3. The molecule has 0 aromatic heterocycles. The summed E-state index contributed by atoms with van der Waals surface area (Å²) in [5.41, 5.74) is 16.9. The van der Waals surface area contributed by atoms with Crippen LogP contribution >= 0.6 is 0 Å². The third-order valence-electron chi connectivity index (χ3n) is 18.2. The summed E-state index contributed by atoms with van der Waals surface area (Å²) in [7, 11) is -18.0. The maximum atomic E-state index is 9.59. The van der Waals surface area contributed by atoms with E-state index < -0.39 is 34.2 Å². The Bertz CT molecular complexity index is 4210. The van der Waals surface area contributed by atoms with Crippen molar-refractivity contribution in [3.8, 4) is 22.3 Å². The van der Waals surface area contributed by atoms with Crippen molar-refractivity contribution in [1.82, 2.24) is 0 Å². The number of fused-ring (bicyclic) bond motifs is 10. The van der Waals surface area contributed by atoms with E-state index in [1.165, 1.54) is 0 Å². The van der Waals surface area contributed by atoms with Gasteiger partial charge in [-0.15, -0.1) is 0 Å². The van der Waals surface area contributed by atoms with Crippen molar-refractivity contribution < 1.29 is 16.5 Å². The molecule has 5 aliphatic heterocycles. The molecule has 5 heterocycles. The van der Waals surface area contributed by atoms with Crippen molar-refractivity contribution in [3.63, 3.8) is 0 Å². The first-order valence-electron chi connectivity index (χ1n) is 30.2. The van der Waals surface area contributed by atoms with Gasteiger partial charge in [-0.1, -0.05) is 340 Å². The molecule has 0 aliphatic carbocycles. The van der Waals surface area contributed by atoms with Gasteiger partial charge in [-0.2, -0.15) is 0 Å². The lowest BCUT2D eigenvalue weighted by molar-refractivity contribution is 0.272. The topological polar surface area (TPSA) is 36.9 Å². The van der Waals surface area contributed by atoms with Crippen molar-refractivity contribution in [3.05, 3.63) is 384 Å². The molecule has 17 rings (SSSR count). The third kappa shape index (κ3) is 7.88. The molecule has 0 amide bonds. The maximum absolute atomic E-state index is 9.59. The van der Waals surface area contributed by atoms with Crippen LogP contribution in [0.15, 0.2) is 340 Å². The Morgan fingerprint density at radius 1 is 0.148 bits per heavy atom. The van der Waals surface area contributed by atoms with Gasteiger partial charge in [-0.25, -0.2) is 0 Å². The van der Waals surface area contributed by atoms with Crippen LogP contribution in [0.5, 0.6) is 0 Å². The highest BCUT2D eigenvalue weighted by molar-refractivity contribution is 7.24. The number of benzene rings is 12.